The second kappa shape index (κ2) is 7.51. The highest BCUT2D eigenvalue weighted by Crippen LogP contribution is 2.25. The van der Waals surface area contributed by atoms with Gasteiger partial charge in [0.2, 0.25) is 5.13 Å². The van der Waals surface area contributed by atoms with Crippen LogP contribution in [0.5, 0.6) is 0 Å². The summed E-state index contributed by atoms with van der Waals surface area (Å²) in [6.45, 7) is 0. The van der Waals surface area contributed by atoms with Gasteiger partial charge in [0.1, 0.15) is 0 Å². The summed E-state index contributed by atoms with van der Waals surface area (Å²) in [6, 6.07) is 15.7. The van der Waals surface area contributed by atoms with Gasteiger partial charge in [0.05, 0.1) is 18.2 Å². The van der Waals surface area contributed by atoms with Crippen molar-refractivity contribution in [3.63, 3.8) is 0 Å². The maximum atomic E-state index is 5.92. The first-order chi connectivity index (χ1) is 12.8. The number of imidazole rings is 1. The molecule has 5 nitrogen and oxygen atoms in total. The van der Waals surface area contributed by atoms with Gasteiger partial charge in [-0.15, -0.1) is 11.3 Å². The first kappa shape index (κ1) is 16.5. The van der Waals surface area contributed by atoms with Crippen LogP contribution in [0.25, 0.3) is 16.9 Å². The molecule has 0 aliphatic rings. The van der Waals surface area contributed by atoms with E-state index in [1.807, 2.05) is 64.7 Å². The fraction of sp³-hybridized carbons (Fsp3) is 0. The van der Waals surface area contributed by atoms with E-state index in [9.17, 15) is 0 Å². The molecule has 2 aromatic carbocycles. The molecule has 128 valence electrons. The Labute approximate surface area is 159 Å². The van der Waals surface area contributed by atoms with Crippen LogP contribution < -0.4 is 5.43 Å². The highest BCUT2D eigenvalue weighted by atomic mass is 35.5. The number of hydrazone groups is 1. The lowest BCUT2D eigenvalue weighted by atomic mass is 10.2. The van der Waals surface area contributed by atoms with Crippen LogP contribution in [0.3, 0.4) is 0 Å². The topological polar surface area (TPSA) is 55.1 Å². The lowest BCUT2D eigenvalue weighted by molar-refractivity contribution is 1.06. The molecule has 0 spiro atoms. The van der Waals surface area contributed by atoms with E-state index in [2.05, 4.69) is 20.5 Å². The number of hydrogen-bond acceptors (Lipinski definition) is 5. The second-order valence-electron chi connectivity index (χ2n) is 5.48. The van der Waals surface area contributed by atoms with E-state index >= 15 is 0 Å². The molecule has 0 amide bonds. The van der Waals surface area contributed by atoms with E-state index in [-0.39, 0.29) is 0 Å². The van der Waals surface area contributed by atoms with Crippen LogP contribution in [0.2, 0.25) is 5.02 Å². The van der Waals surface area contributed by atoms with E-state index in [0.717, 1.165) is 27.6 Å². The first-order valence-electron chi connectivity index (χ1n) is 7.87. The van der Waals surface area contributed by atoms with Gasteiger partial charge in [0.15, 0.2) is 0 Å². The average molecular weight is 380 g/mol. The predicted octanol–water partition coefficient (Wildman–Crippen LogP) is 5.10. The number of thiazole rings is 1. The Hall–Kier alpha value is -2.96. The Kier molecular flexibility index (Phi) is 4.77. The molecule has 0 aliphatic carbocycles. The number of aromatic nitrogens is 3. The summed E-state index contributed by atoms with van der Waals surface area (Å²) >= 11 is 7.42. The Morgan fingerprint density at radius 2 is 1.88 bits per heavy atom. The number of rotatable bonds is 5. The number of nitrogens with one attached hydrogen (secondary N) is 1. The lowest BCUT2D eigenvalue weighted by Crippen LogP contribution is -1.92. The molecule has 7 heteroatoms. The largest absolute Gasteiger partial charge is 0.306 e. The van der Waals surface area contributed by atoms with Gasteiger partial charge in [-0.25, -0.2) is 9.97 Å². The Bertz CT molecular complexity index is 1010. The number of hydrogen-bond donors (Lipinski definition) is 1. The standard InChI is InChI=1S/C19H14ClN5S/c20-16-5-3-15(4-6-16)18-12-26-19(23-18)24-22-11-14-1-7-17(8-2-14)25-10-9-21-13-25/h1-13H,(H,23,24)/b22-11+. The smallest absolute Gasteiger partial charge is 0.203 e. The van der Waals surface area contributed by atoms with E-state index in [1.165, 1.54) is 11.3 Å². The third kappa shape index (κ3) is 3.82. The molecule has 4 rings (SSSR count). The van der Waals surface area contributed by atoms with Crippen molar-refractivity contribution in [2.24, 2.45) is 5.10 Å². The maximum Gasteiger partial charge on any atom is 0.203 e. The summed E-state index contributed by atoms with van der Waals surface area (Å²) in [5.41, 5.74) is 6.95. The van der Waals surface area contributed by atoms with Gasteiger partial charge in [-0.05, 0) is 29.8 Å². The molecule has 2 heterocycles. The molecule has 0 aliphatic heterocycles. The molecule has 0 saturated carbocycles. The molecule has 0 fully saturated rings. The van der Waals surface area contributed by atoms with Gasteiger partial charge in [-0.1, -0.05) is 35.9 Å². The molecule has 4 aromatic rings. The molecule has 2 aromatic heterocycles. The van der Waals surface area contributed by atoms with Crippen molar-refractivity contribution < 1.29 is 0 Å². The summed E-state index contributed by atoms with van der Waals surface area (Å²) in [4.78, 5) is 8.58. The highest BCUT2D eigenvalue weighted by Gasteiger charge is 2.03. The molecule has 0 radical (unpaired) electrons. The summed E-state index contributed by atoms with van der Waals surface area (Å²) in [7, 11) is 0. The summed E-state index contributed by atoms with van der Waals surface area (Å²) in [5, 5.41) is 7.70. The van der Waals surface area contributed by atoms with Gasteiger partial charge >= 0.3 is 0 Å². The number of halogens is 1. The van der Waals surface area contributed by atoms with Crippen LogP contribution in [-0.4, -0.2) is 20.7 Å². The minimum absolute atomic E-state index is 0.714. The normalized spacial score (nSPS) is 11.1. The second-order valence-corrected chi connectivity index (χ2v) is 6.77. The van der Waals surface area contributed by atoms with Gasteiger partial charge in [-0.2, -0.15) is 5.10 Å². The maximum absolute atomic E-state index is 5.92. The monoisotopic (exact) mass is 379 g/mol. The van der Waals surface area contributed by atoms with Crippen LogP contribution in [0.4, 0.5) is 5.13 Å². The van der Waals surface area contributed by atoms with Crippen molar-refractivity contribution in [1.82, 2.24) is 14.5 Å². The SMILES string of the molecule is Clc1ccc(-c2csc(N/N=C/c3ccc(-n4ccnc4)cc3)n2)cc1. The van der Waals surface area contributed by atoms with Crippen LogP contribution in [0.15, 0.2) is 77.7 Å². The molecular weight excluding hydrogens is 366 g/mol. The Balaban J connectivity index is 1.40. The van der Waals surface area contributed by atoms with Gasteiger partial charge in [-0.3, -0.25) is 5.43 Å². The number of nitrogens with zero attached hydrogens (tertiary/aromatic N) is 4. The van der Waals surface area contributed by atoms with E-state index in [4.69, 9.17) is 11.6 Å². The van der Waals surface area contributed by atoms with Crippen LogP contribution >= 0.6 is 22.9 Å². The minimum atomic E-state index is 0.714. The van der Waals surface area contributed by atoms with Crippen LogP contribution in [-0.2, 0) is 0 Å². The fourth-order valence-corrected chi connectivity index (χ4v) is 3.18. The molecule has 0 bridgehead atoms. The van der Waals surface area contributed by atoms with Gasteiger partial charge < -0.3 is 4.57 Å². The van der Waals surface area contributed by atoms with Crippen molar-refractivity contribution in [1.29, 1.82) is 0 Å². The molecule has 0 unspecified atom stereocenters. The van der Waals surface area contributed by atoms with Crippen LogP contribution in [0.1, 0.15) is 5.56 Å². The average Bonchev–Trinajstić information content (AvgIpc) is 3.35. The van der Waals surface area contributed by atoms with Crippen molar-refractivity contribution in [3.8, 4) is 16.9 Å². The number of benzene rings is 2. The third-order valence-corrected chi connectivity index (χ3v) is 4.71. The molecule has 0 saturated heterocycles. The van der Waals surface area contributed by atoms with Crippen molar-refractivity contribution >= 4 is 34.3 Å². The van der Waals surface area contributed by atoms with E-state index < -0.39 is 0 Å². The van der Waals surface area contributed by atoms with E-state index in [0.29, 0.717) is 5.02 Å². The molecule has 1 N–H and O–H groups in total. The minimum Gasteiger partial charge on any atom is -0.306 e. The summed E-state index contributed by atoms with van der Waals surface area (Å²) < 4.78 is 1.95. The molecular formula is C19H14ClN5S. The first-order valence-corrected chi connectivity index (χ1v) is 9.13. The molecule has 26 heavy (non-hydrogen) atoms. The van der Waals surface area contributed by atoms with Crippen molar-refractivity contribution in [2.45, 2.75) is 0 Å². The van der Waals surface area contributed by atoms with Crippen molar-refractivity contribution in [3.05, 3.63) is 83.2 Å². The zero-order valence-electron chi connectivity index (χ0n) is 13.6. The number of anilines is 1. The summed E-state index contributed by atoms with van der Waals surface area (Å²) in [6.07, 6.45) is 7.20. The highest BCUT2D eigenvalue weighted by molar-refractivity contribution is 7.14. The van der Waals surface area contributed by atoms with Crippen LogP contribution in [0, 0.1) is 0 Å². The van der Waals surface area contributed by atoms with E-state index in [1.54, 1.807) is 18.7 Å². The Morgan fingerprint density at radius 1 is 1.08 bits per heavy atom. The van der Waals surface area contributed by atoms with Gasteiger partial charge in [0, 0.05) is 34.0 Å². The molecule has 0 atom stereocenters. The fourth-order valence-electron chi connectivity index (χ4n) is 2.38. The zero-order chi connectivity index (χ0) is 17.8. The summed E-state index contributed by atoms with van der Waals surface area (Å²) in [5.74, 6) is 0. The predicted molar refractivity (Wildman–Crippen MR) is 107 cm³/mol. The van der Waals surface area contributed by atoms with Gasteiger partial charge in [0.25, 0.3) is 0 Å². The lowest BCUT2D eigenvalue weighted by Gasteiger charge is -2.01. The van der Waals surface area contributed by atoms with Crippen molar-refractivity contribution in [2.75, 3.05) is 5.43 Å². The Morgan fingerprint density at radius 3 is 2.62 bits per heavy atom. The quantitative estimate of drug-likeness (QED) is 0.388. The third-order valence-electron chi connectivity index (χ3n) is 3.71. The zero-order valence-corrected chi connectivity index (χ0v) is 15.2.